The zero-order chi connectivity index (χ0) is 10.7. The monoisotopic (exact) mass is 304 g/mol. The van der Waals surface area contributed by atoms with Gasteiger partial charge in [0.05, 0.1) is 6.10 Å². The topological polar surface area (TPSA) is 20.2 Å². The van der Waals surface area contributed by atoms with E-state index in [-0.39, 0.29) is 6.10 Å². The average Bonchev–Trinajstić information content (AvgIpc) is 2.08. The van der Waals surface area contributed by atoms with Crippen LogP contribution in [0.5, 0.6) is 0 Å². The Labute approximate surface area is 99.7 Å². The van der Waals surface area contributed by atoms with Gasteiger partial charge in [-0.15, -0.1) is 0 Å². The standard InChI is InChI=1S/C12H17IO/c1-8(2)7-11(14)10-6-4-5-9(3)12(10)13/h4-6,8,11,14H,7H2,1-3H3. The van der Waals surface area contributed by atoms with Crippen LogP contribution in [0.15, 0.2) is 18.2 Å². The van der Waals surface area contributed by atoms with E-state index in [2.05, 4.69) is 49.4 Å². The van der Waals surface area contributed by atoms with Crippen molar-refractivity contribution in [1.29, 1.82) is 0 Å². The van der Waals surface area contributed by atoms with Gasteiger partial charge in [0.1, 0.15) is 0 Å². The normalized spacial score (nSPS) is 13.3. The Morgan fingerprint density at radius 3 is 2.57 bits per heavy atom. The van der Waals surface area contributed by atoms with E-state index < -0.39 is 0 Å². The second-order valence-corrected chi connectivity index (χ2v) is 5.20. The van der Waals surface area contributed by atoms with Gasteiger partial charge in [-0.2, -0.15) is 0 Å². The molecule has 0 aromatic heterocycles. The van der Waals surface area contributed by atoms with Crippen molar-refractivity contribution in [3.8, 4) is 0 Å². The Balaban J connectivity index is 2.89. The van der Waals surface area contributed by atoms with Gasteiger partial charge in [-0.3, -0.25) is 0 Å². The summed E-state index contributed by atoms with van der Waals surface area (Å²) in [4.78, 5) is 0. The number of hydrogen-bond acceptors (Lipinski definition) is 1. The summed E-state index contributed by atoms with van der Waals surface area (Å²) in [7, 11) is 0. The van der Waals surface area contributed by atoms with Gasteiger partial charge >= 0.3 is 0 Å². The highest BCUT2D eigenvalue weighted by Gasteiger charge is 2.13. The Morgan fingerprint density at radius 1 is 1.36 bits per heavy atom. The molecule has 1 aromatic rings. The van der Waals surface area contributed by atoms with E-state index in [0.717, 1.165) is 12.0 Å². The molecular weight excluding hydrogens is 287 g/mol. The SMILES string of the molecule is Cc1cccc(C(O)CC(C)C)c1I. The van der Waals surface area contributed by atoms with Crippen molar-refractivity contribution in [2.75, 3.05) is 0 Å². The quantitative estimate of drug-likeness (QED) is 0.845. The Hall–Kier alpha value is -0.0900. The van der Waals surface area contributed by atoms with Crippen LogP contribution < -0.4 is 0 Å². The van der Waals surface area contributed by atoms with Gasteiger partial charge in [0, 0.05) is 3.57 Å². The van der Waals surface area contributed by atoms with E-state index >= 15 is 0 Å². The first-order chi connectivity index (χ1) is 6.52. The molecule has 1 nitrogen and oxygen atoms in total. The van der Waals surface area contributed by atoms with Crippen LogP contribution in [0.4, 0.5) is 0 Å². The zero-order valence-electron chi connectivity index (χ0n) is 8.92. The fourth-order valence-electron chi connectivity index (χ4n) is 1.50. The van der Waals surface area contributed by atoms with Crippen molar-refractivity contribution in [1.82, 2.24) is 0 Å². The maximum Gasteiger partial charge on any atom is 0.0802 e. The summed E-state index contributed by atoms with van der Waals surface area (Å²) >= 11 is 2.31. The largest absolute Gasteiger partial charge is 0.388 e. The Bertz CT molecular complexity index is 307. The third-order valence-electron chi connectivity index (χ3n) is 2.28. The molecular formula is C12H17IO. The van der Waals surface area contributed by atoms with Gasteiger partial charge in [0.15, 0.2) is 0 Å². The predicted octanol–water partition coefficient (Wildman–Crippen LogP) is 3.68. The number of halogens is 1. The molecule has 0 heterocycles. The highest BCUT2D eigenvalue weighted by atomic mass is 127. The van der Waals surface area contributed by atoms with Gasteiger partial charge in [0.25, 0.3) is 0 Å². The number of benzene rings is 1. The van der Waals surface area contributed by atoms with Crippen LogP contribution in [0, 0.1) is 16.4 Å². The molecule has 0 aliphatic rings. The molecule has 0 amide bonds. The van der Waals surface area contributed by atoms with Crippen LogP contribution in [0.1, 0.15) is 37.5 Å². The molecule has 1 rings (SSSR count). The first-order valence-corrected chi connectivity index (χ1v) is 6.03. The van der Waals surface area contributed by atoms with Crippen molar-refractivity contribution in [3.63, 3.8) is 0 Å². The summed E-state index contributed by atoms with van der Waals surface area (Å²) in [5.41, 5.74) is 2.31. The van der Waals surface area contributed by atoms with Crippen LogP contribution in [-0.4, -0.2) is 5.11 Å². The van der Waals surface area contributed by atoms with Crippen LogP contribution >= 0.6 is 22.6 Å². The maximum atomic E-state index is 9.99. The first kappa shape index (κ1) is 12.0. The van der Waals surface area contributed by atoms with Gasteiger partial charge in [-0.05, 0) is 53.0 Å². The lowest BCUT2D eigenvalue weighted by atomic mass is 9.98. The van der Waals surface area contributed by atoms with Gasteiger partial charge in [-0.25, -0.2) is 0 Å². The molecule has 0 spiro atoms. The zero-order valence-corrected chi connectivity index (χ0v) is 11.1. The second kappa shape index (κ2) is 5.12. The minimum absolute atomic E-state index is 0.318. The van der Waals surface area contributed by atoms with Crippen molar-refractivity contribution in [2.45, 2.75) is 33.3 Å². The Morgan fingerprint density at radius 2 is 2.00 bits per heavy atom. The lowest BCUT2D eigenvalue weighted by molar-refractivity contribution is 0.150. The van der Waals surface area contributed by atoms with Crippen molar-refractivity contribution >= 4 is 22.6 Å². The molecule has 0 radical (unpaired) electrons. The number of aliphatic hydroxyl groups excluding tert-OH is 1. The van der Waals surface area contributed by atoms with E-state index in [0.29, 0.717) is 5.92 Å². The molecule has 0 fully saturated rings. The molecule has 78 valence electrons. The Kier molecular flexibility index (Phi) is 4.38. The summed E-state index contributed by atoms with van der Waals surface area (Å²) in [6, 6.07) is 6.10. The smallest absolute Gasteiger partial charge is 0.0802 e. The van der Waals surface area contributed by atoms with Gasteiger partial charge in [0.2, 0.25) is 0 Å². The third-order valence-corrected chi connectivity index (χ3v) is 3.75. The molecule has 1 atom stereocenters. The van der Waals surface area contributed by atoms with E-state index in [1.165, 1.54) is 9.13 Å². The third kappa shape index (κ3) is 2.95. The summed E-state index contributed by atoms with van der Waals surface area (Å²) in [5, 5.41) is 9.99. The van der Waals surface area contributed by atoms with Crippen LogP contribution in [-0.2, 0) is 0 Å². The molecule has 1 unspecified atom stereocenters. The molecule has 1 aromatic carbocycles. The fourth-order valence-corrected chi connectivity index (χ4v) is 2.22. The summed E-state index contributed by atoms with van der Waals surface area (Å²) < 4.78 is 1.19. The number of aryl methyl sites for hydroxylation is 1. The molecule has 0 aliphatic carbocycles. The highest BCUT2D eigenvalue weighted by Crippen LogP contribution is 2.27. The molecule has 0 saturated heterocycles. The van der Waals surface area contributed by atoms with Crippen molar-refractivity contribution in [2.24, 2.45) is 5.92 Å². The van der Waals surface area contributed by atoms with E-state index in [1.54, 1.807) is 0 Å². The fraction of sp³-hybridized carbons (Fsp3) is 0.500. The second-order valence-electron chi connectivity index (χ2n) is 4.12. The minimum atomic E-state index is -0.318. The molecule has 0 saturated carbocycles. The van der Waals surface area contributed by atoms with Crippen LogP contribution in [0.25, 0.3) is 0 Å². The minimum Gasteiger partial charge on any atom is -0.388 e. The van der Waals surface area contributed by atoms with E-state index in [1.807, 2.05) is 12.1 Å². The summed E-state index contributed by atoms with van der Waals surface area (Å²) in [6.07, 6.45) is 0.515. The van der Waals surface area contributed by atoms with Crippen LogP contribution in [0.3, 0.4) is 0 Å². The number of hydrogen-bond donors (Lipinski definition) is 1. The highest BCUT2D eigenvalue weighted by molar-refractivity contribution is 14.1. The summed E-state index contributed by atoms with van der Waals surface area (Å²) in [6.45, 7) is 6.34. The molecule has 1 N–H and O–H groups in total. The number of rotatable bonds is 3. The molecule has 2 heteroatoms. The molecule has 14 heavy (non-hydrogen) atoms. The summed E-state index contributed by atoms with van der Waals surface area (Å²) in [5.74, 6) is 0.529. The van der Waals surface area contributed by atoms with E-state index in [9.17, 15) is 5.11 Å². The maximum absolute atomic E-state index is 9.99. The number of aliphatic hydroxyl groups is 1. The molecule has 0 aliphatic heterocycles. The van der Waals surface area contributed by atoms with Gasteiger partial charge in [-0.1, -0.05) is 32.0 Å². The lowest BCUT2D eigenvalue weighted by Crippen LogP contribution is -2.04. The van der Waals surface area contributed by atoms with E-state index in [4.69, 9.17) is 0 Å². The van der Waals surface area contributed by atoms with Gasteiger partial charge < -0.3 is 5.11 Å². The van der Waals surface area contributed by atoms with Crippen molar-refractivity contribution in [3.05, 3.63) is 32.9 Å². The predicted molar refractivity (Wildman–Crippen MR) is 68.3 cm³/mol. The van der Waals surface area contributed by atoms with Crippen molar-refractivity contribution < 1.29 is 5.11 Å². The molecule has 0 bridgehead atoms. The lowest BCUT2D eigenvalue weighted by Gasteiger charge is -2.16. The average molecular weight is 304 g/mol. The first-order valence-electron chi connectivity index (χ1n) is 4.95. The van der Waals surface area contributed by atoms with Crippen LogP contribution in [0.2, 0.25) is 0 Å².